The summed E-state index contributed by atoms with van der Waals surface area (Å²) in [5.74, 6) is -0.191. The van der Waals surface area contributed by atoms with Crippen molar-refractivity contribution in [2.75, 3.05) is 19.7 Å². The number of benzene rings is 1. The molecule has 0 saturated heterocycles. The summed E-state index contributed by atoms with van der Waals surface area (Å²) in [5, 5.41) is 3.17. The van der Waals surface area contributed by atoms with Crippen LogP contribution >= 0.6 is 0 Å². The molecule has 1 N–H and O–H groups in total. The molecule has 0 spiro atoms. The highest BCUT2D eigenvalue weighted by Gasteiger charge is 1.99. The average molecular weight is 211 g/mol. The second kappa shape index (κ2) is 6.53. The van der Waals surface area contributed by atoms with Gasteiger partial charge in [-0.05, 0) is 36.7 Å². The van der Waals surface area contributed by atoms with E-state index in [0.29, 0.717) is 13.2 Å². The third-order valence-corrected chi connectivity index (χ3v) is 2.24. The van der Waals surface area contributed by atoms with Crippen molar-refractivity contribution in [1.82, 2.24) is 5.32 Å². The minimum absolute atomic E-state index is 0.191. The average Bonchev–Trinajstić information content (AvgIpc) is 2.20. The Bertz CT molecular complexity index is 302. The minimum atomic E-state index is -0.191. The lowest BCUT2D eigenvalue weighted by Gasteiger charge is -2.07. The molecular weight excluding hydrogens is 193 g/mol. The van der Waals surface area contributed by atoms with Gasteiger partial charge in [0.1, 0.15) is 5.82 Å². The first-order valence-corrected chi connectivity index (χ1v) is 5.27. The number of halogens is 1. The quantitative estimate of drug-likeness (QED) is 0.729. The predicted molar refractivity (Wildman–Crippen MR) is 59.3 cm³/mol. The van der Waals surface area contributed by atoms with Gasteiger partial charge in [0.25, 0.3) is 0 Å². The summed E-state index contributed by atoms with van der Waals surface area (Å²) in [6.07, 6.45) is 0. The van der Waals surface area contributed by atoms with E-state index in [0.717, 1.165) is 24.2 Å². The Hall–Kier alpha value is -0.930. The van der Waals surface area contributed by atoms with Gasteiger partial charge in [-0.3, -0.25) is 0 Å². The summed E-state index contributed by atoms with van der Waals surface area (Å²) in [6.45, 7) is 7.01. The van der Waals surface area contributed by atoms with Crippen LogP contribution in [0.25, 0.3) is 0 Å². The van der Waals surface area contributed by atoms with Crippen LogP contribution in [0.4, 0.5) is 4.39 Å². The summed E-state index contributed by atoms with van der Waals surface area (Å²) in [4.78, 5) is 0. The first kappa shape index (κ1) is 12.1. The molecule has 0 aromatic heterocycles. The van der Waals surface area contributed by atoms with E-state index in [9.17, 15) is 4.39 Å². The zero-order valence-electron chi connectivity index (χ0n) is 9.35. The van der Waals surface area contributed by atoms with E-state index in [1.165, 1.54) is 12.1 Å². The molecule has 0 atom stereocenters. The maximum atomic E-state index is 12.8. The molecule has 0 bridgehead atoms. The van der Waals surface area contributed by atoms with Crippen molar-refractivity contribution in [3.8, 4) is 0 Å². The minimum Gasteiger partial charge on any atom is -0.375 e. The van der Waals surface area contributed by atoms with Crippen molar-refractivity contribution in [1.29, 1.82) is 0 Å². The van der Waals surface area contributed by atoms with Crippen molar-refractivity contribution in [3.05, 3.63) is 35.1 Å². The molecule has 0 heterocycles. The smallest absolute Gasteiger partial charge is 0.123 e. The van der Waals surface area contributed by atoms with Crippen LogP contribution in [0, 0.1) is 12.7 Å². The fraction of sp³-hybridized carbons (Fsp3) is 0.500. The van der Waals surface area contributed by atoms with Gasteiger partial charge in [0.2, 0.25) is 0 Å². The Morgan fingerprint density at radius 1 is 1.40 bits per heavy atom. The molecule has 0 aliphatic carbocycles. The molecule has 1 rings (SSSR count). The largest absolute Gasteiger partial charge is 0.375 e. The summed E-state index contributed by atoms with van der Waals surface area (Å²) in [7, 11) is 0. The summed E-state index contributed by atoms with van der Waals surface area (Å²) in [5.41, 5.74) is 1.99. The zero-order chi connectivity index (χ0) is 11.1. The molecule has 1 aromatic rings. The van der Waals surface area contributed by atoms with Crippen LogP contribution in [0.5, 0.6) is 0 Å². The lowest BCUT2D eigenvalue weighted by molar-refractivity contribution is 0.122. The molecule has 2 nitrogen and oxygen atoms in total. The van der Waals surface area contributed by atoms with E-state index < -0.39 is 0 Å². The van der Waals surface area contributed by atoms with E-state index in [4.69, 9.17) is 4.74 Å². The van der Waals surface area contributed by atoms with E-state index >= 15 is 0 Å². The standard InChI is InChI=1S/C12H18FNO/c1-3-14-6-7-15-9-11-4-5-12(13)8-10(11)2/h4-5,8,14H,3,6-7,9H2,1-2H3. The van der Waals surface area contributed by atoms with Crippen LogP contribution in [0.1, 0.15) is 18.1 Å². The molecule has 15 heavy (non-hydrogen) atoms. The molecule has 0 fully saturated rings. The monoisotopic (exact) mass is 211 g/mol. The summed E-state index contributed by atoms with van der Waals surface area (Å²) in [6, 6.07) is 4.77. The van der Waals surface area contributed by atoms with Crippen molar-refractivity contribution >= 4 is 0 Å². The van der Waals surface area contributed by atoms with Gasteiger partial charge in [0.05, 0.1) is 13.2 Å². The molecule has 0 unspecified atom stereocenters. The highest BCUT2D eigenvalue weighted by molar-refractivity contribution is 5.25. The highest BCUT2D eigenvalue weighted by Crippen LogP contribution is 2.10. The first-order chi connectivity index (χ1) is 7.24. The number of hydrogen-bond acceptors (Lipinski definition) is 2. The molecule has 0 radical (unpaired) electrons. The van der Waals surface area contributed by atoms with Gasteiger partial charge in [-0.25, -0.2) is 4.39 Å². The van der Waals surface area contributed by atoms with Gasteiger partial charge in [0, 0.05) is 6.54 Å². The maximum absolute atomic E-state index is 12.8. The fourth-order valence-electron chi connectivity index (χ4n) is 1.32. The van der Waals surface area contributed by atoms with Crippen LogP contribution in [0.15, 0.2) is 18.2 Å². The molecule has 3 heteroatoms. The Kier molecular flexibility index (Phi) is 5.29. The Morgan fingerprint density at radius 3 is 2.87 bits per heavy atom. The van der Waals surface area contributed by atoms with Crippen molar-refractivity contribution < 1.29 is 9.13 Å². The van der Waals surface area contributed by atoms with E-state index in [2.05, 4.69) is 12.2 Å². The van der Waals surface area contributed by atoms with Gasteiger partial charge < -0.3 is 10.1 Å². The van der Waals surface area contributed by atoms with Gasteiger partial charge in [-0.15, -0.1) is 0 Å². The molecule has 1 aromatic carbocycles. The molecule has 84 valence electrons. The zero-order valence-corrected chi connectivity index (χ0v) is 9.35. The van der Waals surface area contributed by atoms with E-state index in [1.807, 2.05) is 6.92 Å². The van der Waals surface area contributed by atoms with Crippen LogP contribution in [-0.4, -0.2) is 19.7 Å². The molecular formula is C12H18FNO. The van der Waals surface area contributed by atoms with Gasteiger partial charge in [0.15, 0.2) is 0 Å². The van der Waals surface area contributed by atoms with Crippen molar-refractivity contribution in [2.45, 2.75) is 20.5 Å². The number of hydrogen-bond donors (Lipinski definition) is 1. The normalized spacial score (nSPS) is 10.6. The Balaban J connectivity index is 2.31. The van der Waals surface area contributed by atoms with Crippen LogP contribution < -0.4 is 5.32 Å². The van der Waals surface area contributed by atoms with Crippen LogP contribution in [0.3, 0.4) is 0 Å². The van der Waals surface area contributed by atoms with E-state index in [1.54, 1.807) is 6.07 Å². The predicted octanol–water partition coefficient (Wildman–Crippen LogP) is 2.26. The topological polar surface area (TPSA) is 21.3 Å². The van der Waals surface area contributed by atoms with Gasteiger partial charge in [-0.2, -0.15) is 0 Å². The van der Waals surface area contributed by atoms with Gasteiger partial charge >= 0.3 is 0 Å². The Labute approximate surface area is 90.4 Å². The second-order valence-electron chi connectivity index (χ2n) is 3.48. The molecule has 0 aliphatic heterocycles. The van der Waals surface area contributed by atoms with Crippen LogP contribution in [-0.2, 0) is 11.3 Å². The first-order valence-electron chi connectivity index (χ1n) is 5.27. The maximum Gasteiger partial charge on any atom is 0.123 e. The Morgan fingerprint density at radius 2 is 2.20 bits per heavy atom. The van der Waals surface area contributed by atoms with Crippen LogP contribution in [0.2, 0.25) is 0 Å². The number of likely N-dealkylation sites (N-methyl/N-ethyl adjacent to an activating group) is 1. The third-order valence-electron chi connectivity index (χ3n) is 2.24. The van der Waals surface area contributed by atoms with E-state index in [-0.39, 0.29) is 5.82 Å². The highest BCUT2D eigenvalue weighted by atomic mass is 19.1. The lowest BCUT2D eigenvalue weighted by Crippen LogP contribution is -2.18. The number of aryl methyl sites for hydroxylation is 1. The lowest BCUT2D eigenvalue weighted by atomic mass is 10.1. The second-order valence-corrected chi connectivity index (χ2v) is 3.48. The van der Waals surface area contributed by atoms with Gasteiger partial charge in [-0.1, -0.05) is 13.0 Å². The van der Waals surface area contributed by atoms with Crippen molar-refractivity contribution in [3.63, 3.8) is 0 Å². The SMILES string of the molecule is CCNCCOCc1ccc(F)cc1C. The summed E-state index contributed by atoms with van der Waals surface area (Å²) < 4.78 is 18.2. The molecule has 0 amide bonds. The third kappa shape index (κ3) is 4.40. The number of rotatable bonds is 6. The molecule has 0 aliphatic rings. The molecule has 0 saturated carbocycles. The number of nitrogens with one attached hydrogen (secondary N) is 1. The summed E-state index contributed by atoms with van der Waals surface area (Å²) >= 11 is 0. The fourth-order valence-corrected chi connectivity index (χ4v) is 1.32. The van der Waals surface area contributed by atoms with Crippen molar-refractivity contribution in [2.24, 2.45) is 0 Å². The number of ether oxygens (including phenoxy) is 1.